The highest BCUT2D eigenvalue weighted by molar-refractivity contribution is 5.96. The van der Waals surface area contributed by atoms with Crippen molar-refractivity contribution in [2.75, 3.05) is 11.9 Å². The molecule has 3 aromatic carbocycles. The predicted molar refractivity (Wildman–Crippen MR) is 106 cm³/mol. The molecule has 4 nitrogen and oxygen atoms in total. The Bertz CT molecular complexity index is 1020. The summed E-state index contributed by atoms with van der Waals surface area (Å²) in [5.74, 6) is -1.42. The van der Waals surface area contributed by atoms with Crippen LogP contribution in [-0.4, -0.2) is 18.5 Å². The number of benzene rings is 3. The molecule has 0 aliphatic carbocycles. The van der Waals surface area contributed by atoms with E-state index in [1.54, 1.807) is 12.1 Å². The largest absolute Gasteiger partial charge is 0.452 e. The number of carbonyl (C=O) groups is 2. The lowest BCUT2D eigenvalue weighted by Gasteiger charge is -2.12. The van der Waals surface area contributed by atoms with Crippen molar-refractivity contribution in [3.05, 3.63) is 101 Å². The van der Waals surface area contributed by atoms with Gasteiger partial charge in [0, 0.05) is 5.69 Å². The van der Waals surface area contributed by atoms with Gasteiger partial charge in [-0.1, -0.05) is 48.5 Å². The van der Waals surface area contributed by atoms with Crippen molar-refractivity contribution in [1.29, 1.82) is 0 Å². The highest BCUT2D eigenvalue weighted by Crippen LogP contribution is 2.29. The van der Waals surface area contributed by atoms with Gasteiger partial charge in [-0.05, 0) is 47.9 Å². The van der Waals surface area contributed by atoms with Gasteiger partial charge >= 0.3 is 12.1 Å². The van der Waals surface area contributed by atoms with Crippen LogP contribution in [0.25, 0.3) is 0 Å². The van der Waals surface area contributed by atoms with Crippen molar-refractivity contribution in [3.8, 4) is 0 Å². The average Bonchev–Trinajstić information content (AvgIpc) is 2.74. The summed E-state index contributed by atoms with van der Waals surface area (Å²) in [6, 6.07) is 20.6. The maximum Gasteiger partial charge on any atom is 0.416 e. The molecule has 30 heavy (non-hydrogen) atoms. The van der Waals surface area contributed by atoms with Crippen LogP contribution >= 0.6 is 0 Å². The Morgan fingerprint density at radius 1 is 0.833 bits per heavy atom. The molecule has 0 spiro atoms. The second kappa shape index (κ2) is 9.26. The summed E-state index contributed by atoms with van der Waals surface area (Å²) in [5, 5.41) is 2.70. The summed E-state index contributed by atoms with van der Waals surface area (Å²) >= 11 is 0. The quantitative estimate of drug-likeness (QED) is 0.573. The molecule has 0 unspecified atom stereocenters. The second-order valence-electron chi connectivity index (χ2n) is 6.52. The van der Waals surface area contributed by atoms with E-state index in [0.29, 0.717) is 12.1 Å². The van der Waals surface area contributed by atoms with E-state index in [-0.39, 0.29) is 5.56 Å². The van der Waals surface area contributed by atoms with Gasteiger partial charge in [0.25, 0.3) is 5.91 Å². The van der Waals surface area contributed by atoms with E-state index in [4.69, 9.17) is 4.74 Å². The molecular formula is C23H18F3NO3. The lowest BCUT2D eigenvalue weighted by atomic mass is 10.0. The van der Waals surface area contributed by atoms with Gasteiger partial charge in [-0.3, -0.25) is 4.79 Å². The summed E-state index contributed by atoms with van der Waals surface area (Å²) in [7, 11) is 0. The Balaban J connectivity index is 1.58. The van der Waals surface area contributed by atoms with Crippen molar-refractivity contribution in [1.82, 2.24) is 0 Å². The molecule has 0 bridgehead atoms. The average molecular weight is 413 g/mol. The van der Waals surface area contributed by atoms with Crippen molar-refractivity contribution >= 4 is 17.6 Å². The van der Waals surface area contributed by atoms with E-state index in [9.17, 15) is 22.8 Å². The number of halogens is 3. The van der Waals surface area contributed by atoms with Crippen LogP contribution in [0.5, 0.6) is 0 Å². The number of alkyl halides is 3. The molecule has 0 aromatic heterocycles. The van der Waals surface area contributed by atoms with Crippen molar-refractivity contribution in [3.63, 3.8) is 0 Å². The first-order valence-electron chi connectivity index (χ1n) is 9.09. The third kappa shape index (κ3) is 5.70. The Morgan fingerprint density at radius 3 is 2.13 bits per heavy atom. The molecule has 0 saturated heterocycles. The first-order valence-corrected chi connectivity index (χ1v) is 9.09. The molecule has 1 amide bonds. The topological polar surface area (TPSA) is 55.4 Å². The van der Waals surface area contributed by atoms with Crippen LogP contribution in [0, 0.1) is 0 Å². The Hall–Kier alpha value is -3.61. The molecule has 0 heterocycles. The van der Waals surface area contributed by atoms with Crippen LogP contribution in [0.2, 0.25) is 0 Å². The van der Waals surface area contributed by atoms with Crippen LogP contribution < -0.4 is 5.32 Å². The second-order valence-corrected chi connectivity index (χ2v) is 6.52. The molecule has 154 valence electrons. The summed E-state index contributed by atoms with van der Waals surface area (Å²) in [6.07, 6.45) is -3.88. The van der Waals surface area contributed by atoms with E-state index < -0.39 is 30.2 Å². The van der Waals surface area contributed by atoms with Gasteiger partial charge in [0.1, 0.15) is 0 Å². The minimum absolute atomic E-state index is 0.0692. The molecule has 0 fully saturated rings. The molecule has 1 N–H and O–H groups in total. The number of ether oxygens (including phenoxy) is 1. The number of carbonyl (C=O) groups excluding carboxylic acids is 2. The lowest BCUT2D eigenvalue weighted by Crippen LogP contribution is -2.21. The fraction of sp³-hybridized carbons (Fsp3) is 0.130. The molecule has 0 atom stereocenters. The van der Waals surface area contributed by atoms with E-state index in [0.717, 1.165) is 35.4 Å². The number of hydrogen-bond acceptors (Lipinski definition) is 3. The molecule has 0 aliphatic heterocycles. The van der Waals surface area contributed by atoms with E-state index in [2.05, 4.69) is 5.32 Å². The van der Waals surface area contributed by atoms with E-state index in [1.165, 1.54) is 0 Å². The molecule has 0 radical (unpaired) electrons. The number of para-hydroxylation sites is 1. The zero-order valence-corrected chi connectivity index (χ0v) is 15.8. The maximum absolute atomic E-state index is 12.6. The molecule has 0 saturated carbocycles. The van der Waals surface area contributed by atoms with Crippen LogP contribution in [0.1, 0.15) is 27.0 Å². The normalized spacial score (nSPS) is 11.0. The first kappa shape index (κ1) is 21.1. The van der Waals surface area contributed by atoms with Gasteiger partial charge < -0.3 is 10.1 Å². The van der Waals surface area contributed by atoms with E-state index in [1.807, 2.05) is 42.5 Å². The summed E-state index contributed by atoms with van der Waals surface area (Å²) in [6.45, 7) is -0.556. The zero-order valence-electron chi connectivity index (χ0n) is 15.8. The van der Waals surface area contributed by atoms with Crippen LogP contribution in [-0.2, 0) is 22.1 Å². The Morgan fingerprint density at radius 2 is 1.47 bits per heavy atom. The monoisotopic (exact) mass is 413 g/mol. The molecular weight excluding hydrogens is 395 g/mol. The maximum atomic E-state index is 12.6. The van der Waals surface area contributed by atoms with Crippen molar-refractivity contribution in [2.45, 2.75) is 12.6 Å². The first-order chi connectivity index (χ1) is 14.3. The smallest absolute Gasteiger partial charge is 0.416 e. The number of esters is 1. The number of amides is 1. The summed E-state index contributed by atoms with van der Waals surface area (Å²) in [4.78, 5) is 24.2. The SMILES string of the molecule is O=C(COC(=O)c1ccc(C(F)(F)F)cc1)Nc1ccccc1Cc1ccccc1. The van der Waals surface area contributed by atoms with E-state index >= 15 is 0 Å². The van der Waals surface area contributed by atoms with Crippen LogP contribution in [0.15, 0.2) is 78.9 Å². The van der Waals surface area contributed by atoms with Crippen LogP contribution in [0.3, 0.4) is 0 Å². The van der Waals surface area contributed by atoms with Gasteiger partial charge in [-0.15, -0.1) is 0 Å². The standard InChI is InChI=1S/C23H18F3NO3/c24-23(25,26)19-12-10-17(11-13-19)22(29)30-15-21(28)27-20-9-5-4-8-18(20)14-16-6-2-1-3-7-16/h1-13H,14-15H2,(H,27,28). The number of rotatable bonds is 6. The van der Waals surface area contributed by atoms with Gasteiger partial charge in [-0.2, -0.15) is 13.2 Å². The number of hydrogen-bond donors (Lipinski definition) is 1. The fourth-order valence-electron chi connectivity index (χ4n) is 2.81. The molecule has 0 aliphatic rings. The van der Waals surface area contributed by atoms with Crippen molar-refractivity contribution in [2.24, 2.45) is 0 Å². The van der Waals surface area contributed by atoms with Gasteiger partial charge in [-0.25, -0.2) is 4.79 Å². The van der Waals surface area contributed by atoms with Gasteiger partial charge in [0.05, 0.1) is 11.1 Å². The molecule has 3 rings (SSSR count). The molecule has 7 heteroatoms. The summed E-state index contributed by atoms with van der Waals surface area (Å²) in [5.41, 5.74) is 1.63. The summed E-state index contributed by atoms with van der Waals surface area (Å²) < 4.78 is 42.7. The third-order valence-corrected chi connectivity index (χ3v) is 4.31. The number of nitrogens with one attached hydrogen (secondary N) is 1. The number of anilines is 1. The van der Waals surface area contributed by atoms with Gasteiger partial charge in [0.2, 0.25) is 0 Å². The molecule has 3 aromatic rings. The third-order valence-electron chi connectivity index (χ3n) is 4.31. The Kier molecular flexibility index (Phi) is 6.51. The highest BCUT2D eigenvalue weighted by Gasteiger charge is 2.30. The minimum atomic E-state index is -4.49. The minimum Gasteiger partial charge on any atom is -0.452 e. The van der Waals surface area contributed by atoms with Crippen LogP contribution in [0.4, 0.5) is 18.9 Å². The van der Waals surface area contributed by atoms with Crippen molar-refractivity contribution < 1.29 is 27.5 Å². The Labute approximate surface area is 171 Å². The lowest BCUT2D eigenvalue weighted by molar-refractivity contribution is -0.137. The fourth-order valence-corrected chi connectivity index (χ4v) is 2.81. The zero-order chi connectivity index (χ0) is 21.6. The highest BCUT2D eigenvalue weighted by atomic mass is 19.4. The predicted octanol–water partition coefficient (Wildman–Crippen LogP) is 5.09. The van der Waals surface area contributed by atoms with Gasteiger partial charge in [0.15, 0.2) is 6.61 Å².